The van der Waals surface area contributed by atoms with Gasteiger partial charge in [-0.25, -0.2) is 9.37 Å². The number of hydrogen-bond donors (Lipinski definition) is 1. The average Bonchev–Trinajstić information content (AvgIpc) is 2.49. The Labute approximate surface area is 124 Å². The fourth-order valence-electron chi connectivity index (χ4n) is 2.42. The Hall–Kier alpha value is -2.10. The van der Waals surface area contributed by atoms with E-state index < -0.39 is 0 Å². The van der Waals surface area contributed by atoms with E-state index in [1.54, 1.807) is 12.1 Å². The third kappa shape index (κ3) is 3.15. The van der Waals surface area contributed by atoms with Crippen LogP contribution >= 0.6 is 0 Å². The Bertz CT molecular complexity index is 625. The highest BCUT2D eigenvalue weighted by Gasteiger charge is 2.22. The predicted octanol–water partition coefficient (Wildman–Crippen LogP) is 3.64. The summed E-state index contributed by atoms with van der Waals surface area (Å²) in [4.78, 5) is 4.37. The van der Waals surface area contributed by atoms with Crippen molar-refractivity contribution in [1.29, 1.82) is 0 Å². The minimum Gasteiger partial charge on any atom is -0.474 e. The van der Waals surface area contributed by atoms with Crippen LogP contribution in [0, 0.1) is 11.7 Å². The van der Waals surface area contributed by atoms with Crippen LogP contribution in [0.4, 0.5) is 10.1 Å². The van der Waals surface area contributed by atoms with Crippen molar-refractivity contribution < 1.29 is 9.13 Å². The maximum atomic E-state index is 12.9. The number of rotatable bonds is 3. The molecule has 110 valence electrons. The average molecular weight is 286 g/mol. The van der Waals surface area contributed by atoms with Crippen LogP contribution in [-0.4, -0.2) is 17.6 Å². The number of nitrogens with zero attached hydrogens (tertiary/aromatic N) is 1. The zero-order valence-electron chi connectivity index (χ0n) is 12.3. The SMILES string of the molecule is CC(C)C1COc2ncc(Cc3ccc(F)cc3)cc2N1. The Morgan fingerprint density at radius 1 is 1.29 bits per heavy atom. The highest BCUT2D eigenvalue weighted by molar-refractivity contribution is 5.56. The molecule has 4 heteroatoms. The molecular formula is C17H19FN2O. The summed E-state index contributed by atoms with van der Waals surface area (Å²) >= 11 is 0. The molecule has 2 heterocycles. The molecule has 2 aromatic rings. The monoisotopic (exact) mass is 286 g/mol. The molecule has 0 amide bonds. The predicted molar refractivity (Wildman–Crippen MR) is 81.2 cm³/mol. The van der Waals surface area contributed by atoms with Crippen LogP contribution in [-0.2, 0) is 6.42 Å². The van der Waals surface area contributed by atoms with Crippen molar-refractivity contribution in [3.63, 3.8) is 0 Å². The van der Waals surface area contributed by atoms with Crippen LogP contribution in [0.15, 0.2) is 36.5 Å². The van der Waals surface area contributed by atoms with E-state index in [9.17, 15) is 4.39 Å². The van der Waals surface area contributed by atoms with Gasteiger partial charge in [-0.3, -0.25) is 0 Å². The van der Waals surface area contributed by atoms with Crippen LogP contribution in [0.25, 0.3) is 0 Å². The first-order chi connectivity index (χ1) is 10.1. The van der Waals surface area contributed by atoms with E-state index >= 15 is 0 Å². The minimum absolute atomic E-state index is 0.211. The summed E-state index contributed by atoms with van der Waals surface area (Å²) in [5.74, 6) is 0.950. The first-order valence-electron chi connectivity index (χ1n) is 7.24. The Morgan fingerprint density at radius 2 is 2.05 bits per heavy atom. The molecule has 21 heavy (non-hydrogen) atoms. The second-order valence-corrected chi connectivity index (χ2v) is 5.81. The Kier molecular flexibility index (Phi) is 3.78. The fourth-order valence-corrected chi connectivity index (χ4v) is 2.42. The van der Waals surface area contributed by atoms with E-state index in [4.69, 9.17) is 4.74 Å². The summed E-state index contributed by atoms with van der Waals surface area (Å²) in [6.07, 6.45) is 2.55. The lowest BCUT2D eigenvalue weighted by Crippen LogP contribution is -2.36. The minimum atomic E-state index is -0.211. The number of benzene rings is 1. The fraction of sp³-hybridized carbons (Fsp3) is 0.353. The van der Waals surface area contributed by atoms with Gasteiger partial charge in [0, 0.05) is 6.20 Å². The number of ether oxygens (including phenoxy) is 1. The molecule has 0 aliphatic carbocycles. The van der Waals surface area contributed by atoms with E-state index in [1.807, 2.05) is 6.20 Å². The van der Waals surface area contributed by atoms with Crippen molar-refractivity contribution in [2.45, 2.75) is 26.3 Å². The Morgan fingerprint density at radius 3 is 2.76 bits per heavy atom. The second kappa shape index (κ2) is 5.72. The second-order valence-electron chi connectivity index (χ2n) is 5.81. The van der Waals surface area contributed by atoms with Crippen LogP contribution in [0.1, 0.15) is 25.0 Å². The van der Waals surface area contributed by atoms with Gasteiger partial charge in [0.2, 0.25) is 5.88 Å². The first-order valence-corrected chi connectivity index (χ1v) is 7.24. The summed E-state index contributed by atoms with van der Waals surface area (Å²) in [7, 11) is 0. The van der Waals surface area contributed by atoms with Crippen molar-refractivity contribution in [3.05, 3.63) is 53.5 Å². The summed E-state index contributed by atoms with van der Waals surface area (Å²) < 4.78 is 18.6. The standard InChI is InChI=1S/C17H19FN2O/c1-11(2)16-10-21-17-15(20-16)8-13(9-19-17)7-12-3-5-14(18)6-4-12/h3-6,8-9,11,16,20H,7,10H2,1-2H3. The largest absolute Gasteiger partial charge is 0.474 e. The van der Waals surface area contributed by atoms with E-state index in [-0.39, 0.29) is 5.82 Å². The first kappa shape index (κ1) is 13.9. The molecule has 1 atom stereocenters. The topological polar surface area (TPSA) is 34.1 Å². The quantitative estimate of drug-likeness (QED) is 0.935. The highest BCUT2D eigenvalue weighted by atomic mass is 19.1. The highest BCUT2D eigenvalue weighted by Crippen LogP contribution is 2.29. The zero-order valence-corrected chi connectivity index (χ0v) is 12.3. The molecule has 1 aromatic heterocycles. The smallest absolute Gasteiger partial charge is 0.237 e. The number of anilines is 1. The van der Waals surface area contributed by atoms with Gasteiger partial charge in [0.25, 0.3) is 0 Å². The Balaban J connectivity index is 1.79. The molecule has 0 saturated carbocycles. The molecule has 0 spiro atoms. The number of nitrogens with one attached hydrogen (secondary N) is 1. The lowest BCUT2D eigenvalue weighted by atomic mass is 10.0. The van der Waals surface area contributed by atoms with E-state index in [1.165, 1.54) is 12.1 Å². The van der Waals surface area contributed by atoms with Gasteiger partial charge in [-0.1, -0.05) is 26.0 Å². The molecule has 1 N–H and O–H groups in total. The summed E-state index contributed by atoms with van der Waals surface area (Å²) in [5, 5.41) is 3.48. The van der Waals surface area contributed by atoms with E-state index in [0.29, 0.717) is 24.4 Å². The van der Waals surface area contributed by atoms with Crippen LogP contribution in [0.5, 0.6) is 5.88 Å². The number of fused-ring (bicyclic) bond motifs is 1. The zero-order chi connectivity index (χ0) is 14.8. The molecule has 0 bridgehead atoms. The van der Waals surface area contributed by atoms with Crippen LogP contribution in [0.2, 0.25) is 0 Å². The van der Waals surface area contributed by atoms with Crippen molar-refractivity contribution >= 4 is 5.69 Å². The van der Waals surface area contributed by atoms with Crippen molar-refractivity contribution in [1.82, 2.24) is 4.98 Å². The molecule has 0 saturated heterocycles. The normalized spacial score (nSPS) is 17.0. The number of halogens is 1. The van der Waals surface area contributed by atoms with Gasteiger partial charge in [-0.05, 0) is 41.7 Å². The summed E-state index contributed by atoms with van der Waals surface area (Å²) in [6, 6.07) is 8.94. The summed E-state index contributed by atoms with van der Waals surface area (Å²) in [6.45, 7) is 4.98. The number of aromatic nitrogens is 1. The van der Waals surface area contributed by atoms with Gasteiger partial charge in [0.15, 0.2) is 0 Å². The van der Waals surface area contributed by atoms with Crippen molar-refractivity contribution in [2.24, 2.45) is 5.92 Å². The van der Waals surface area contributed by atoms with Crippen LogP contribution < -0.4 is 10.1 Å². The lowest BCUT2D eigenvalue weighted by Gasteiger charge is -2.29. The van der Waals surface area contributed by atoms with Crippen LogP contribution in [0.3, 0.4) is 0 Å². The van der Waals surface area contributed by atoms with Gasteiger partial charge in [-0.15, -0.1) is 0 Å². The third-order valence-electron chi connectivity index (χ3n) is 3.77. The molecule has 3 rings (SSSR count). The molecule has 0 fully saturated rings. The maximum absolute atomic E-state index is 12.9. The number of hydrogen-bond acceptors (Lipinski definition) is 3. The maximum Gasteiger partial charge on any atom is 0.237 e. The van der Waals surface area contributed by atoms with Gasteiger partial charge < -0.3 is 10.1 Å². The van der Waals surface area contributed by atoms with Crippen molar-refractivity contribution in [2.75, 3.05) is 11.9 Å². The third-order valence-corrected chi connectivity index (χ3v) is 3.77. The molecule has 1 aromatic carbocycles. The molecule has 3 nitrogen and oxygen atoms in total. The van der Waals surface area contributed by atoms with Gasteiger partial charge in [-0.2, -0.15) is 0 Å². The summed E-state index contributed by atoms with van der Waals surface area (Å²) in [5.41, 5.74) is 3.09. The van der Waals surface area contributed by atoms with E-state index in [0.717, 1.165) is 23.2 Å². The van der Waals surface area contributed by atoms with E-state index in [2.05, 4.69) is 30.2 Å². The molecular weight excluding hydrogens is 267 g/mol. The lowest BCUT2D eigenvalue weighted by molar-refractivity contribution is 0.248. The van der Waals surface area contributed by atoms with Gasteiger partial charge in [0.05, 0.1) is 11.7 Å². The number of pyridine rings is 1. The van der Waals surface area contributed by atoms with Gasteiger partial charge in [0.1, 0.15) is 12.4 Å². The molecule has 0 radical (unpaired) electrons. The van der Waals surface area contributed by atoms with Crippen molar-refractivity contribution in [3.8, 4) is 5.88 Å². The van der Waals surface area contributed by atoms with Gasteiger partial charge >= 0.3 is 0 Å². The molecule has 1 aliphatic heterocycles. The molecule has 1 aliphatic rings. The molecule has 1 unspecified atom stereocenters.